The minimum atomic E-state index is 0.509. The highest BCUT2D eigenvalue weighted by molar-refractivity contribution is 5.87. The van der Waals surface area contributed by atoms with E-state index in [4.69, 9.17) is 10.5 Å². The van der Waals surface area contributed by atoms with E-state index in [0.717, 1.165) is 17.9 Å². The van der Waals surface area contributed by atoms with Crippen molar-refractivity contribution < 1.29 is 4.74 Å². The van der Waals surface area contributed by atoms with Crippen molar-refractivity contribution in [1.29, 1.82) is 0 Å². The van der Waals surface area contributed by atoms with Crippen LogP contribution in [0.15, 0.2) is 36.4 Å². The number of nitrogens with two attached hydrogens (primary N) is 1. The minimum absolute atomic E-state index is 0.509. The van der Waals surface area contributed by atoms with Crippen molar-refractivity contribution in [2.45, 2.75) is 20.4 Å². The molecule has 0 amide bonds. The first-order valence-electron chi connectivity index (χ1n) is 6.06. The zero-order chi connectivity index (χ0) is 12.3. The molecule has 0 spiro atoms. The fourth-order valence-corrected chi connectivity index (χ4v) is 1.92. The molecule has 2 aromatic carbocycles. The molecular weight excluding hydrogens is 210 g/mol. The monoisotopic (exact) mass is 229 g/mol. The van der Waals surface area contributed by atoms with E-state index in [1.54, 1.807) is 0 Å². The zero-order valence-electron chi connectivity index (χ0n) is 10.4. The van der Waals surface area contributed by atoms with Gasteiger partial charge in [-0.1, -0.05) is 44.2 Å². The fraction of sp³-hybridized carbons (Fsp3) is 0.333. The highest BCUT2D eigenvalue weighted by atomic mass is 16.5. The number of hydrogen-bond donors (Lipinski definition) is 1. The quantitative estimate of drug-likeness (QED) is 0.872. The molecule has 0 aromatic heterocycles. The smallest absolute Gasteiger partial charge is 0.124 e. The van der Waals surface area contributed by atoms with Gasteiger partial charge in [0.2, 0.25) is 0 Å². The molecule has 0 aliphatic rings. The fourth-order valence-electron chi connectivity index (χ4n) is 1.92. The van der Waals surface area contributed by atoms with Crippen LogP contribution in [-0.4, -0.2) is 6.61 Å². The van der Waals surface area contributed by atoms with Crippen LogP contribution >= 0.6 is 0 Å². The van der Waals surface area contributed by atoms with E-state index >= 15 is 0 Å². The Morgan fingerprint density at radius 1 is 1.12 bits per heavy atom. The maximum atomic E-state index is 5.84. The Balaban J connectivity index is 2.42. The highest BCUT2D eigenvalue weighted by Crippen LogP contribution is 2.27. The van der Waals surface area contributed by atoms with Crippen molar-refractivity contribution >= 4 is 10.8 Å². The van der Waals surface area contributed by atoms with E-state index in [-0.39, 0.29) is 0 Å². The predicted molar refractivity (Wildman–Crippen MR) is 72.2 cm³/mol. The molecule has 0 aliphatic heterocycles. The van der Waals surface area contributed by atoms with Gasteiger partial charge in [-0.3, -0.25) is 0 Å². The summed E-state index contributed by atoms with van der Waals surface area (Å²) in [6.07, 6.45) is 0. The topological polar surface area (TPSA) is 35.2 Å². The average Bonchev–Trinajstić information content (AvgIpc) is 2.35. The van der Waals surface area contributed by atoms with Crippen molar-refractivity contribution in [2.24, 2.45) is 11.7 Å². The Morgan fingerprint density at radius 3 is 2.59 bits per heavy atom. The summed E-state index contributed by atoms with van der Waals surface area (Å²) in [6, 6.07) is 12.4. The number of benzene rings is 2. The molecule has 0 atom stereocenters. The molecule has 0 aliphatic carbocycles. The van der Waals surface area contributed by atoms with Crippen LogP contribution in [0.2, 0.25) is 0 Å². The van der Waals surface area contributed by atoms with Gasteiger partial charge in [0.1, 0.15) is 5.75 Å². The third kappa shape index (κ3) is 2.59. The minimum Gasteiger partial charge on any atom is -0.493 e. The lowest BCUT2D eigenvalue weighted by Crippen LogP contribution is -2.08. The number of hydrogen-bond acceptors (Lipinski definition) is 2. The highest BCUT2D eigenvalue weighted by Gasteiger charge is 2.07. The molecule has 2 aromatic rings. The summed E-state index contributed by atoms with van der Waals surface area (Å²) in [4.78, 5) is 0. The molecule has 17 heavy (non-hydrogen) atoms. The first-order chi connectivity index (χ1) is 8.22. The molecule has 0 saturated heterocycles. The first kappa shape index (κ1) is 11.9. The first-order valence-corrected chi connectivity index (χ1v) is 6.06. The summed E-state index contributed by atoms with van der Waals surface area (Å²) in [6.45, 7) is 5.52. The Kier molecular flexibility index (Phi) is 3.64. The summed E-state index contributed by atoms with van der Waals surface area (Å²) in [7, 11) is 0. The van der Waals surface area contributed by atoms with Crippen molar-refractivity contribution in [1.82, 2.24) is 0 Å². The Labute approximate surface area is 102 Å². The molecule has 2 N–H and O–H groups in total. The maximum absolute atomic E-state index is 5.84. The van der Waals surface area contributed by atoms with Gasteiger partial charge in [-0.15, -0.1) is 0 Å². The lowest BCUT2D eigenvalue weighted by Gasteiger charge is -2.14. The van der Waals surface area contributed by atoms with Crippen LogP contribution in [0.1, 0.15) is 19.4 Å². The lowest BCUT2D eigenvalue weighted by molar-refractivity contribution is 0.269. The molecule has 0 bridgehead atoms. The lowest BCUT2D eigenvalue weighted by atomic mass is 10.0. The van der Waals surface area contributed by atoms with Crippen molar-refractivity contribution in [3.05, 3.63) is 42.0 Å². The van der Waals surface area contributed by atoms with Gasteiger partial charge in [0.05, 0.1) is 6.61 Å². The standard InChI is InChI=1S/C15H19NO/c1-11(2)10-17-15-8-7-12-5-3-4-6-13(12)14(15)9-16/h3-8,11H,9-10,16H2,1-2H3. The van der Waals surface area contributed by atoms with Gasteiger partial charge >= 0.3 is 0 Å². The third-order valence-electron chi connectivity index (χ3n) is 2.77. The molecule has 2 heteroatoms. The summed E-state index contributed by atoms with van der Waals surface area (Å²) in [5, 5.41) is 2.40. The predicted octanol–water partition coefficient (Wildman–Crippen LogP) is 3.33. The summed E-state index contributed by atoms with van der Waals surface area (Å²) in [5.41, 5.74) is 6.94. The van der Waals surface area contributed by atoms with Crippen molar-refractivity contribution in [3.8, 4) is 5.75 Å². The maximum Gasteiger partial charge on any atom is 0.124 e. The van der Waals surface area contributed by atoms with E-state index < -0.39 is 0 Å². The Morgan fingerprint density at radius 2 is 1.88 bits per heavy atom. The van der Waals surface area contributed by atoms with E-state index in [1.807, 2.05) is 18.2 Å². The Bertz CT molecular complexity index is 505. The molecule has 2 rings (SSSR count). The zero-order valence-corrected chi connectivity index (χ0v) is 10.4. The van der Waals surface area contributed by atoms with Crippen LogP contribution in [0.25, 0.3) is 10.8 Å². The van der Waals surface area contributed by atoms with E-state index in [2.05, 4.69) is 32.0 Å². The largest absolute Gasteiger partial charge is 0.493 e. The molecule has 0 fully saturated rings. The molecule has 0 unspecified atom stereocenters. The third-order valence-corrected chi connectivity index (χ3v) is 2.77. The second-order valence-electron chi connectivity index (χ2n) is 4.67. The van der Waals surface area contributed by atoms with E-state index in [9.17, 15) is 0 Å². The second-order valence-corrected chi connectivity index (χ2v) is 4.67. The SMILES string of the molecule is CC(C)COc1ccc2ccccc2c1CN. The summed E-state index contributed by atoms with van der Waals surface area (Å²) in [5.74, 6) is 1.44. The molecule has 90 valence electrons. The Hall–Kier alpha value is -1.54. The van der Waals surface area contributed by atoms with Crippen LogP contribution in [0, 0.1) is 5.92 Å². The molecule has 0 radical (unpaired) electrons. The van der Waals surface area contributed by atoms with E-state index in [0.29, 0.717) is 12.5 Å². The summed E-state index contributed by atoms with van der Waals surface area (Å²) < 4.78 is 5.82. The van der Waals surface area contributed by atoms with Gasteiger partial charge in [0, 0.05) is 12.1 Å². The van der Waals surface area contributed by atoms with Gasteiger partial charge in [0.15, 0.2) is 0 Å². The normalized spacial score (nSPS) is 11.1. The van der Waals surface area contributed by atoms with Crippen LogP contribution in [0.5, 0.6) is 5.75 Å². The van der Waals surface area contributed by atoms with Gasteiger partial charge in [-0.05, 0) is 22.8 Å². The number of fused-ring (bicyclic) bond motifs is 1. The summed E-state index contributed by atoms with van der Waals surface area (Å²) >= 11 is 0. The van der Waals surface area contributed by atoms with Gasteiger partial charge in [-0.2, -0.15) is 0 Å². The van der Waals surface area contributed by atoms with E-state index in [1.165, 1.54) is 10.8 Å². The van der Waals surface area contributed by atoms with Crippen molar-refractivity contribution in [2.75, 3.05) is 6.61 Å². The second kappa shape index (κ2) is 5.19. The molecule has 0 saturated carbocycles. The molecular formula is C15H19NO. The van der Waals surface area contributed by atoms with Crippen molar-refractivity contribution in [3.63, 3.8) is 0 Å². The van der Waals surface area contributed by atoms with Gasteiger partial charge < -0.3 is 10.5 Å². The number of ether oxygens (including phenoxy) is 1. The average molecular weight is 229 g/mol. The van der Waals surface area contributed by atoms with Crippen LogP contribution in [0.4, 0.5) is 0 Å². The van der Waals surface area contributed by atoms with Gasteiger partial charge in [-0.25, -0.2) is 0 Å². The van der Waals surface area contributed by atoms with Crippen LogP contribution in [-0.2, 0) is 6.54 Å². The molecule has 2 nitrogen and oxygen atoms in total. The molecule has 0 heterocycles. The van der Waals surface area contributed by atoms with Crippen LogP contribution in [0.3, 0.4) is 0 Å². The van der Waals surface area contributed by atoms with Gasteiger partial charge in [0.25, 0.3) is 0 Å². The number of rotatable bonds is 4. The van der Waals surface area contributed by atoms with Crippen LogP contribution < -0.4 is 10.5 Å².